The Hall–Kier alpha value is -0.488. The van der Waals surface area contributed by atoms with Crippen molar-refractivity contribution in [3.63, 3.8) is 0 Å². The molecule has 2 nitrogen and oxygen atoms in total. The van der Waals surface area contributed by atoms with Gasteiger partial charge in [0.1, 0.15) is 5.75 Å². The molecule has 0 aromatic heterocycles. The fourth-order valence-electron chi connectivity index (χ4n) is 1.16. The lowest BCUT2D eigenvalue weighted by molar-refractivity contribution is 0.00189. The molecule has 0 aliphatic heterocycles. The Morgan fingerprint density at radius 3 is 2.36 bits per heavy atom. The van der Waals surface area contributed by atoms with Crippen molar-refractivity contribution in [3.8, 4) is 5.75 Å². The van der Waals surface area contributed by atoms with Gasteiger partial charge in [-0.1, -0.05) is 36.7 Å². The maximum atomic E-state index is 5.72. The monoisotopic (exact) mass is 208 g/mol. The van der Waals surface area contributed by atoms with E-state index in [-0.39, 0.29) is 6.29 Å². The third kappa shape index (κ3) is 4.15. The second-order valence-electron chi connectivity index (χ2n) is 3.45. The maximum absolute atomic E-state index is 5.72. The zero-order valence-corrected chi connectivity index (χ0v) is 10.2. The lowest BCUT2D eigenvalue weighted by Gasteiger charge is -2.20. The summed E-state index contributed by atoms with van der Waals surface area (Å²) in [6.07, 6.45) is 0.809. The van der Waals surface area contributed by atoms with Crippen molar-refractivity contribution in [2.45, 2.75) is 31.2 Å². The van der Waals surface area contributed by atoms with Crippen LogP contribution in [0.5, 0.6) is 5.75 Å². The van der Waals surface area contributed by atoms with Crippen LogP contribution >= 0.6 is 0 Å². The molecule has 0 aliphatic carbocycles. The van der Waals surface area contributed by atoms with Crippen molar-refractivity contribution in [2.24, 2.45) is 0 Å². The van der Waals surface area contributed by atoms with Gasteiger partial charge in [0.2, 0.25) is 0 Å². The van der Waals surface area contributed by atoms with E-state index in [4.69, 9.17) is 8.53 Å². The summed E-state index contributed by atoms with van der Waals surface area (Å²) in [5.41, 5.74) is 0. The first kappa shape index (κ1) is 11.6. The summed E-state index contributed by atoms with van der Waals surface area (Å²) < 4.78 is 11.4. The van der Waals surface area contributed by atoms with Crippen molar-refractivity contribution in [1.29, 1.82) is 0 Å². The summed E-state index contributed by atoms with van der Waals surface area (Å²) >= 11 is -1.01. The first-order chi connectivity index (χ1) is 6.72. The Balaban J connectivity index is 2.48. The minimum absolute atomic E-state index is 0.0796. The molecule has 0 saturated heterocycles. The third-order valence-electron chi connectivity index (χ3n) is 1.77. The molecule has 0 fully saturated rings. The molecule has 0 N–H and O–H groups in total. The van der Waals surface area contributed by atoms with Gasteiger partial charge in [-0.15, -0.1) is 0 Å². The van der Waals surface area contributed by atoms with Crippen LogP contribution in [0.1, 0.15) is 13.3 Å². The van der Waals surface area contributed by atoms with Crippen molar-refractivity contribution in [1.82, 2.24) is 0 Å². The summed E-state index contributed by atoms with van der Waals surface area (Å²) in [5, 5.41) is 0. The van der Waals surface area contributed by atoms with E-state index in [2.05, 4.69) is 18.5 Å². The first-order valence-electron chi connectivity index (χ1n) is 5.09. The van der Waals surface area contributed by atoms with Crippen LogP contribution in [0.25, 0.3) is 0 Å². The topological polar surface area (TPSA) is 18.5 Å². The van der Waals surface area contributed by atoms with E-state index in [9.17, 15) is 0 Å². The molecule has 0 spiro atoms. The molecule has 76 valence electrons. The predicted octanol–water partition coefficient (Wildman–Crippen LogP) is 3.07. The average Bonchev–Trinajstić information content (AvgIpc) is 2.17. The van der Waals surface area contributed by atoms with Crippen LogP contribution in [0.15, 0.2) is 30.3 Å². The van der Waals surface area contributed by atoms with Gasteiger partial charge in [-0.3, -0.25) is 0 Å². The fraction of sp³-hybridized carbons (Fsp3) is 0.455. The molecule has 14 heavy (non-hydrogen) atoms. The highest BCUT2D eigenvalue weighted by Gasteiger charge is 2.13. The van der Waals surface area contributed by atoms with Crippen LogP contribution < -0.4 is 4.74 Å². The van der Waals surface area contributed by atoms with Crippen LogP contribution in [-0.4, -0.2) is 20.8 Å². The van der Waals surface area contributed by atoms with Crippen molar-refractivity contribution >= 4 is 14.5 Å². The maximum Gasteiger partial charge on any atom is 0.457 e. The third-order valence-corrected chi connectivity index (χ3v) is 2.62. The minimum atomic E-state index is -1.01. The Morgan fingerprint density at radius 1 is 1.21 bits per heavy atom. The Kier molecular flexibility index (Phi) is 5.03. The van der Waals surface area contributed by atoms with Gasteiger partial charge < -0.3 is 8.53 Å². The summed E-state index contributed by atoms with van der Waals surface area (Å²) in [5.74, 6) is 5.18. The number of ether oxygens (including phenoxy) is 1. The smallest absolute Gasteiger partial charge is 0.457 e. The van der Waals surface area contributed by atoms with E-state index in [1.54, 1.807) is 0 Å². The Morgan fingerprint density at radius 2 is 1.86 bits per heavy atom. The van der Waals surface area contributed by atoms with E-state index in [0.717, 1.165) is 12.2 Å². The van der Waals surface area contributed by atoms with E-state index in [1.807, 2.05) is 30.3 Å². The number of hydrogen-bond acceptors (Lipinski definition) is 2. The van der Waals surface area contributed by atoms with Crippen molar-refractivity contribution in [3.05, 3.63) is 30.3 Å². The number of benzene rings is 1. The normalized spacial score (nSPS) is 12.2. The van der Waals surface area contributed by atoms with Crippen LogP contribution in [0.2, 0.25) is 11.6 Å². The molecule has 1 rings (SSSR count). The molecule has 0 amide bonds. The molecule has 1 aromatic rings. The quantitative estimate of drug-likeness (QED) is 0.547. The minimum Gasteiger partial charge on any atom is -0.469 e. The van der Waals surface area contributed by atoms with E-state index < -0.39 is 14.5 Å². The largest absolute Gasteiger partial charge is 0.469 e. The van der Waals surface area contributed by atoms with Gasteiger partial charge in [0.25, 0.3) is 0 Å². The summed E-state index contributed by atoms with van der Waals surface area (Å²) in [4.78, 5) is 0. The molecule has 0 heterocycles. The van der Waals surface area contributed by atoms with Gasteiger partial charge in [-0.25, -0.2) is 0 Å². The Labute approximate surface area is 90.6 Å². The van der Waals surface area contributed by atoms with Crippen molar-refractivity contribution < 1.29 is 8.53 Å². The van der Waals surface area contributed by atoms with Gasteiger partial charge in [0.05, 0.1) is 0 Å². The number of rotatable bonds is 5. The lowest BCUT2D eigenvalue weighted by Crippen LogP contribution is -2.25. The molecule has 1 unspecified atom stereocenters. The molecule has 0 radical (unpaired) electrons. The number of hydrogen-bond donors (Lipinski definition) is 0. The predicted molar refractivity (Wildman–Crippen MR) is 59.7 cm³/mol. The van der Waals surface area contributed by atoms with Crippen LogP contribution in [0, 0.1) is 0 Å². The van der Waals surface area contributed by atoms with Gasteiger partial charge in [0, 0.05) is 6.42 Å². The second kappa shape index (κ2) is 6.08. The fourth-order valence-corrected chi connectivity index (χ4v) is 2.02. The van der Waals surface area contributed by atoms with E-state index >= 15 is 0 Å². The lowest BCUT2D eigenvalue weighted by atomic mass is 10.3. The Bertz CT molecular complexity index is 249. The van der Waals surface area contributed by atoms with Gasteiger partial charge in [-0.05, 0) is 12.1 Å². The molecule has 0 aliphatic rings. The summed E-state index contributed by atoms with van der Waals surface area (Å²) in [7, 11) is 0. The SMILES string of the molecule is CCC(Oc1ccccc1)[O][Al]([CH3])[CH3]. The number of para-hydroxylation sites is 1. The van der Waals surface area contributed by atoms with Gasteiger partial charge in [0.15, 0.2) is 6.29 Å². The first-order valence-corrected chi connectivity index (χ1v) is 7.87. The van der Waals surface area contributed by atoms with Gasteiger partial charge >= 0.3 is 14.5 Å². The second-order valence-corrected chi connectivity index (χ2v) is 5.82. The highest BCUT2D eigenvalue weighted by molar-refractivity contribution is 6.48. The van der Waals surface area contributed by atoms with Crippen molar-refractivity contribution in [2.75, 3.05) is 0 Å². The molecule has 1 aromatic carbocycles. The molecular formula is C11H17AlO2. The highest BCUT2D eigenvalue weighted by Crippen LogP contribution is 2.13. The molecule has 1 atom stereocenters. The highest BCUT2D eigenvalue weighted by atomic mass is 27.2. The molecular weight excluding hydrogens is 191 g/mol. The van der Waals surface area contributed by atoms with Crippen LogP contribution in [-0.2, 0) is 3.79 Å². The molecule has 3 heteroatoms. The van der Waals surface area contributed by atoms with Gasteiger partial charge in [-0.2, -0.15) is 0 Å². The molecule has 0 saturated carbocycles. The zero-order chi connectivity index (χ0) is 10.4. The summed E-state index contributed by atoms with van der Waals surface area (Å²) in [6, 6.07) is 9.82. The average molecular weight is 208 g/mol. The van der Waals surface area contributed by atoms with Crippen LogP contribution in [0.4, 0.5) is 0 Å². The van der Waals surface area contributed by atoms with E-state index in [0.29, 0.717) is 0 Å². The van der Waals surface area contributed by atoms with E-state index in [1.165, 1.54) is 0 Å². The van der Waals surface area contributed by atoms with Crippen LogP contribution in [0.3, 0.4) is 0 Å². The summed E-state index contributed by atoms with van der Waals surface area (Å²) in [6.45, 7) is 2.07. The zero-order valence-electron chi connectivity index (χ0n) is 9.07. The standard InChI is InChI=1S/C9H11O2.2CH3.Al/c1-2-9(10)11-8-6-4-3-5-7-8;;;/h3-7,9H,2H2,1H3;2*1H3;/q-1;;;+1. The molecule has 0 bridgehead atoms.